The van der Waals surface area contributed by atoms with Crippen molar-refractivity contribution < 1.29 is 4.42 Å². The molecule has 1 aliphatic heterocycles. The number of furan rings is 1. The molecule has 4 heterocycles. The van der Waals surface area contributed by atoms with Gasteiger partial charge in [0.05, 0.1) is 30.6 Å². The summed E-state index contributed by atoms with van der Waals surface area (Å²) in [5.41, 5.74) is 2.21. The minimum Gasteiger partial charge on any atom is -0.467 e. The first-order chi connectivity index (χ1) is 12.8. The molecule has 0 saturated carbocycles. The highest BCUT2D eigenvalue weighted by Crippen LogP contribution is 2.38. The van der Waals surface area contributed by atoms with E-state index in [-0.39, 0.29) is 12.1 Å². The van der Waals surface area contributed by atoms with Crippen molar-refractivity contribution in [1.82, 2.24) is 19.8 Å². The lowest BCUT2D eigenvalue weighted by atomic mass is 10.0. The number of rotatable bonds is 6. The van der Waals surface area contributed by atoms with Crippen molar-refractivity contribution in [3.05, 3.63) is 78.3 Å². The fraction of sp³-hybridized carbons (Fsp3) is 0.300. The van der Waals surface area contributed by atoms with Gasteiger partial charge in [0.15, 0.2) is 5.11 Å². The second-order valence-corrected chi connectivity index (χ2v) is 6.85. The molecule has 2 atom stereocenters. The topological polar surface area (TPSA) is 46.2 Å². The molecule has 134 valence electrons. The molecule has 0 bridgehead atoms. The molecule has 4 rings (SSSR count). The third kappa shape index (κ3) is 3.12. The Balaban J connectivity index is 1.73. The third-order valence-electron chi connectivity index (χ3n) is 4.74. The van der Waals surface area contributed by atoms with Crippen LogP contribution < -0.4 is 5.32 Å². The van der Waals surface area contributed by atoms with Gasteiger partial charge in [0.1, 0.15) is 5.76 Å². The van der Waals surface area contributed by atoms with E-state index in [1.165, 1.54) is 5.69 Å². The Bertz CT molecular complexity index is 859. The van der Waals surface area contributed by atoms with Gasteiger partial charge >= 0.3 is 0 Å². The van der Waals surface area contributed by atoms with Gasteiger partial charge in [0, 0.05) is 24.6 Å². The van der Waals surface area contributed by atoms with Crippen LogP contribution in [0, 0.1) is 0 Å². The van der Waals surface area contributed by atoms with Gasteiger partial charge in [-0.3, -0.25) is 4.98 Å². The number of nitrogens with one attached hydrogen (secondary N) is 1. The number of pyridine rings is 1. The summed E-state index contributed by atoms with van der Waals surface area (Å²) in [5.74, 6) is 0.937. The first-order valence-corrected chi connectivity index (χ1v) is 9.34. The lowest BCUT2D eigenvalue weighted by Gasteiger charge is -2.28. The van der Waals surface area contributed by atoms with E-state index in [2.05, 4.69) is 51.1 Å². The zero-order valence-corrected chi connectivity index (χ0v) is 15.5. The summed E-state index contributed by atoms with van der Waals surface area (Å²) >= 11 is 5.65. The number of hydrogen-bond acceptors (Lipinski definition) is 3. The van der Waals surface area contributed by atoms with Crippen LogP contribution in [0.1, 0.15) is 42.6 Å². The van der Waals surface area contributed by atoms with Crippen LogP contribution in [0.5, 0.6) is 0 Å². The van der Waals surface area contributed by atoms with E-state index < -0.39 is 0 Å². The van der Waals surface area contributed by atoms with Gasteiger partial charge in [-0.1, -0.05) is 13.0 Å². The average Bonchev–Trinajstić information content (AvgIpc) is 3.39. The van der Waals surface area contributed by atoms with Gasteiger partial charge in [0.25, 0.3) is 0 Å². The van der Waals surface area contributed by atoms with Crippen LogP contribution in [0.2, 0.25) is 0 Å². The standard InChI is InChI=1S/C20H22N4OS/c1-2-11-24-19(18(22-20(24)26)16-8-3-4-10-21-16)17-9-5-12-23(17)14-15-7-6-13-25-15/h3-10,12-13,18-19H,2,11,14H2,1H3,(H,22,26)/t18-,19+/m1/s1. The molecule has 1 saturated heterocycles. The molecule has 3 aromatic heterocycles. The summed E-state index contributed by atoms with van der Waals surface area (Å²) in [4.78, 5) is 6.86. The van der Waals surface area contributed by atoms with Crippen molar-refractivity contribution >= 4 is 17.3 Å². The average molecular weight is 366 g/mol. The van der Waals surface area contributed by atoms with Gasteiger partial charge < -0.3 is 19.2 Å². The quantitative estimate of drug-likeness (QED) is 0.670. The Morgan fingerprint density at radius 3 is 2.85 bits per heavy atom. The first-order valence-electron chi connectivity index (χ1n) is 8.93. The van der Waals surface area contributed by atoms with Crippen molar-refractivity contribution in [2.75, 3.05) is 6.54 Å². The van der Waals surface area contributed by atoms with Gasteiger partial charge in [-0.15, -0.1) is 0 Å². The highest BCUT2D eigenvalue weighted by molar-refractivity contribution is 7.80. The van der Waals surface area contributed by atoms with Crippen LogP contribution in [0.25, 0.3) is 0 Å². The van der Waals surface area contributed by atoms with Gasteiger partial charge in [-0.05, 0) is 55.0 Å². The molecule has 3 aromatic rings. The van der Waals surface area contributed by atoms with Crippen LogP contribution >= 0.6 is 12.2 Å². The zero-order valence-electron chi connectivity index (χ0n) is 14.7. The highest BCUT2D eigenvalue weighted by Gasteiger charge is 2.40. The lowest BCUT2D eigenvalue weighted by Crippen LogP contribution is -2.31. The second kappa shape index (κ2) is 7.33. The number of nitrogens with zero attached hydrogens (tertiary/aromatic N) is 3. The zero-order chi connectivity index (χ0) is 17.9. The van der Waals surface area contributed by atoms with Crippen LogP contribution in [0.4, 0.5) is 0 Å². The Kier molecular flexibility index (Phi) is 4.75. The molecule has 1 N–H and O–H groups in total. The molecule has 0 spiro atoms. The molecule has 0 radical (unpaired) electrons. The van der Waals surface area contributed by atoms with Crippen LogP contribution in [0.3, 0.4) is 0 Å². The maximum Gasteiger partial charge on any atom is 0.170 e. The van der Waals surface area contributed by atoms with E-state index in [1.807, 2.05) is 30.5 Å². The maximum absolute atomic E-state index is 5.65. The highest BCUT2D eigenvalue weighted by atomic mass is 32.1. The van der Waals surface area contributed by atoms with Crippen LogP contribution in [0.15, 0.2) is 65.5 Å². The summed E-state index contributed by atoms with van der Waals surface area (Å²) in [5, 5.41) is 4.28. The summed E-state index contributed by atoms with van der Waals surface area (Å²) in [7, 11) is 0. The van der Waals surface area contributed by atoms with E-state index in [9.17, 15) is 0 Å². The lowest BCUT2D eigenvalue weighted by molar-refractivity contribution is 0.303. The summed E-state index contributed by atoms with van der Waals surface area (Å²) in [6.07, 6.45) is 6.68. The van der Waals surface area contributed by atoms with Crippen molar-refractivity contribution in [2.24, 2.45) is 0 Å². The monoisotopic (exact) mass is 366 g/mol. The Hall–Kier alpha value is -2.60. The van der Waals surface area contributed by atoms with E-state index in [4.69, 9.17) is 16.6 Å². The Morgan fingerprint density at radius 2 is 2.12 bits per heavy atom. The second-order valence-electron chi connectivity index (χ2n) is 6.46. The van der Waals surface area contributed by atoms with Crippen molar-refractivity contribution in [2.45, 2.75) is 32.0 Å². The van der Waals surface area contributed by atoms with E-state index in [0.717, 1.165) is 29.5 Å². The molecule has 0 unspecified atom stereocenters. The Morgan fingerprint density at radius 1 is 1.19 bits per heavy atom. The van der Waals surface area contributed by atoms with Crippen molar-refractivity contribution in [3.8, 4) is 0 Å². The largest absolute Gasteiger partial charge is 0.467 e. The van der Waals surface area contributed by atoms with E-state index in [1.54, 1.807) is 6.26 Å². The molecule has 0 aliphatic carbocycles. The summed E-state index contributed by atoms with van der Waals surface area (Å²) in [6.45, 7) is 3.79. The fourth-order valence-electron chi connectivity index (χ4n) is 3.62. The Labute approximate surface area is 158 Å². The molecular formula is C20H22N4OS. The maximum atomic E-state index is 5.65. The predicted octanol–water partition coefficient (Wildman–Crippen LogP) is 3.91. The van der Waals surface area contributed by atoms with Crippen LogP contribution in [-0.4, -0.2) is 26.1 Å². The third-order valence-corrected chi connectivity index (χ3v) is 5.09. The number of hydrogen-bond donors (Lipinski definition) is 1. The van der Waals surface area contributed by atoms with Crippen molar-refractivity contribution in [1.29, 1.82) is 0 Å². The van der Waals surface area contributed by atoms with E-state index in [0.29, 0.717) is 6.54 Å². The molecule has 0 aromatic carbocycles. The van der Waals surface area contributed by atoms with Gasteiger partial charge in [0.2, 0.25) is 0 Å². The summed E-state index contributed by atoms with van der Waals surface area (Å²) in [6, 6.07) is 14.3. The number of aromatic nitrogens is 2. The molecule has 1 fully saturated rings. The van der Waals surface area contributed by atoms with E-state index >= 15 is 0 Å². The van der Waals surface area contributed by atoms with Crippen LogP contribution in [-0.2, 0) is 6.54 Å². The summed E-state index contributed by atoms with van der Waals surface area (Å²) < 4.78 is 7.78. The predicted molar refractivity (Wildman–Crippen MR) is 105 cm³/mol. The number of thiocarbonyl (C=S) groups is 1. The van der Waals surface area contributed by atoms with Gasteiger partial charge in [-0.25, -0.2) is 0 Å². The molecule has 0 amide bonds. The molecular weight excluding hydrogens is 344 g/mol. The SMILES string of the molecule is CCCN1C(=S)N[C@H](c2ccccn2)[C@@H]1c1cccn1Cc1ccco1. The fourth-order valence-corrected chi connectivity index (χ4v) is 3.95. The minimum absolute atomic E-state index is 0.0282. The minimum atomic E-state index is 0.0282. The normalized spacial score (nSPS) is 19.7. The molecule has 1 aliphatic rings. The van der Waals surface area contributed by atoms with Crippen molar-refractivity contribution in [3.63, 3.8) is 0 Å². The molecule has 6 heteroatoms. The molecule has 5 nitrogen and oxygen atoms in total. The van der Waals surface area contributed by atoms with Gasteiger partial charge in [-0.2, -0.15) is 0 Å². The molecule has 26 heavy (non-hydrogen) atoms. The smallest absolute Gasteiger partial charge is 0.170 e. The first kappa shape index (κ1) is 16.8.